The van der Waals surface area contributed by atoms with Gasteiger partial charge in [0.1, 0.15) is 18.8 Å². The van der Waals surface area contributed by atoms with Crippen molar-refractivity contribution in [2.75, 3.05) is 19.7 Å². The lowest BCUT2D eigenvalue weighted by atomic mass is 10.3. The van der Waals surface area contributed by atoms with E-state index in [1.54, 1.807) is 6.92 Å². The molecule has 0 aliphatic carbocycles. The van der Waals surface area contributed by atoms with Crippen molar-refractivity contribution in [3.63, 3.8) is 0 Å². The van der Waals surface area contributed by atoms with Crippen LogP contribution < -0.4 is 4.74 Å². The lowest BCUT2D eigenvalue weighted by Crippen LogP contribution is -2.39. The number of carboxylic acids is 2. The second kappa shape index (κ2) is 7.04. The number of nitrogens with zero attached hydrogens (tertiary/aromatic N) is 1. The molecule has 0 aromatic heterocycles. The molecule has 0 unspecified atom stereocenters. The van der Waals surface area contributed by atoms with Gasteiger partial charge in [0.05, 0.1) is 11.5 Å². The summed E-state index contributed by atoms with van der Waals surface area (Å²) >= 11 is 0. The Morgan fingerprint density at radius 3 is 1.95 bits per heavy atom. The Hall–Kier alpha value is -2.13. The van der Waals surface area contributed by atoms with Gasteiger partial charge in [-0.25, -0.2) is 8.42 Å². The zero-order valence-electron chi connectivity index (χ0n) is 11.2. The standard InChI is InChI=1S/C12H15NO7S/c1-2-20-9-3-5-10(6-4-9)21(18,19)13(7-11(14)15)8-12(16)17/h3-6H,2,7-8H2,1H3,(H,14,15)(H,16,17). The molecule has 9 heteroatoms. The predicted molar refractivity (Wildman–Crippen MR) is 71.6 cm³/mol. The summed E-state index contributed by atoms with van der Waals surface area (Å²) in [6.45, 7) is 0.325. The first-order chi connectivity index (χ1) is 9.77. The van der Waals surface area contributed by atoms with Crippen molar-refractivity contribution < 1.29 is 33.0 Å². The van der Waals surface area contributed by atoms with Crippen LogP contribution in [0.1, 0.15) is 6.92 Å². The van der Waals surface area contributed by atoms with Crippen molar-refractivity contribution in [1.82, 2.24) is 4.31 Å². The highest BCUT2D eigenvalue weighted by Gasteiger charge is 2.28. The topological polar surface area (TPSA) is 121 Å². The third kappa shape index (κ3) is 4.72. The fourth-order valence-corrected chi connectivity index (χ4v) is 2.89. The van der Waals surface area contributed by atoms with Crippen LogP contribution in [0.15, 0.2) is 29.2 Å². The van der Waals surface area contributed by atoms with Crippen LogP contribution in [0.4, 0.5) is 0 Å². The Balaban J connectivity index is 3.09. The smallest absolute Gasteiger partial charge is 0.318 e. The average Bonchev–Trinajstić information content (AvgIpc) is 2.38. The van der Waals surface area contributed by atoms with Crippen LogP contribution in [-0.4, -0.2) is 54.6 Å². The van der Waals surface area contributed by atoms with E-state index in [0.717, 1.165) is 0 Å². The van der Waals surface area contributed by atoms with E-state index in [-0.39, 0.29) is 4.90 Å². The number of hydrogen-bond acceptors (Lipinski definition) is 5. The van der Waals surface area contributed by atoms with Crippen LogP contribution in [0.3, 0.4) is 0 Å². The first-order valence-corrected chi connectivity index (χ1v) is 7.38. The largest absolute Gasteiger partial charge is 0.494 e. The molecule has 0 radical (unpaired) electrons. The van der Waals surface area contributed by atoms with Crippen LogP contribution in [0.5, 0.6) is 5.75 Å². The summed E-state index contributed by atoms with van der Waals surface area (Å²) < 4.78 is 30.0. The normalized spacial score (nSPS) is 11.3. The number of aliphatic carboxylic acids is 2. The minimum atomic E-state index is -4.21. The third-order valence-corrected chi connectivity index (χ3v) is 4.20. The van der Waals surface area contributed by atoms with E-state index >= 15 is 0 Å². The molecule has 1 aromatic carbocycles. The molecule has 0 atom stereocenters. The summed E-state index contributed by atoms with van der Waals surface area (Å²) in [6, 6.07) is 5.29. The van der Waals surface area contributed by atoms with Gasteiger partial charge in [0, 0.05) is 0 Å². The summed E-state index contributed by atoms with van der Waals surface area (Å²) in [7, 11) is -4.21. The molecule has 21 heavy (non-hydrogen) atoms. The number of ether oxygens (including phenoxy) is 1. The zero-order valence-corrected chi connectivity index (χ0v) is 12.0. The molecule has 0 aliphatic rings. The molecule has 0 saturated carbocycles. The Morgan fingerprint density at radius 2 is 1.57 bits per heavy atom. The van der Waals surface area contributed by atoms with Crippen molar-refractivity contribution in [2.24, 2.45) is 0 Å². The van der Waals surface area contributed by atoms with Crippen molar-refractivity contribution in [3.05, 3.63) is 24.3 Å². The fourth-order valence-electron chi connectivity index (χ4n) is 1.55. The van der Waals surface area contributed by atoms with Gasteiger partial charge in [-0.1, -0.05) is 0 Å². The minimum Gasteiger partial charge on any atom is -0.494 e. The highest BCUT2D eigenvalue weighted by molar-refractivity contribution is 7.89. The maximum Gasteiger partial charge on any atom is 0.318 e. The van der Waals surface area contributed by atoms with E-state index < -0.39 is 35.1 Å². The van der Waals surface area contributed by atoms with Crippen molar-refractivity contribution >= 4 is 22.0 Å². The van der Waals surface area contributed by atoms with Crippen LogP contribution in [0, 0.1) is 0 Å². The Kier molecular flexibility index (Phi) is 5.68. The number of hydrogen-bond donors (Lipinski definition) is 2. The molecule has 2 N–H and O–H groups in total. The molecule has 0 spiro atoms. The van der Waals surface area contributed by atoms with Crippen LogP contribution in [0.2, 0.25) is 0 Å². The summed E-state index contributed by atoms with van der Waals surface area (Å²) in [5, 5.41) is 17.4. The molecule has 0 amide bonds. The van der Waals surface area contributed by atoms with Gasteiger partial charge in [-0.05, 0) is 31.2 Å². The first kappa shape index (κ1) is 16.9. The van der Waals surface area contributed by atoms with Gasteiger partial charge in [-0.15, -0.1) is 0 Å². The zero-order chi connectivity index (χ0) is 16.0. The van der Waals surface area contributed by atoms with Gasteiger partial charge >= 0.3 is 11.9 Å². The summed E-state index contributed by atoms with van der Waals surface area (Å²) in [5.41, 5.74) is 0. The molecule has 0 aliphatic heterocycles. The van der Waals surface area contributed by atoms with Crippen LogP contribution in [-0.2, 0) is 19.6 Å². The molecular formula is C12H15NO7S. The number of sulfonamides is 1. The number of benzene rings is 1. The molecule has 116 valence electrons. The molecule has 8 nitrogen and oxygen atoms in total. The van der Waals surface area contributed by atoms with Crippen LogP contribution in [0.25, 0.3) is 0 Å². The SMILES string of the molecule is CCOc1ccc(S(=O)(=O)N(CC(=O)O)CC(=O)O)cc1. The fraction of sp³-hybridized carbons (Fsp3) is 0.333. The maximum atomic E-state index is 12.2. The predicted octanol–water partition coefficient (Wildman–Crippen LogP) is 0.245. The summed E-state index contributed by atoms with van der Waals surface area (Å²) in [4.78, 5) is 21.2. The lowest BCUT2D eigenvalue weighted by Gasteiger charge is -2.18. The second-order valence-electron chi connectivity index (χ2n) is 3.96. The second-order valence-corrected chi connectivity index (χ2v) is 5.90. The van der Waals surface area contributed by atoms with Crippen molar-refractivity contribution in [3.8, 4) is 5.75 Å². The van der Waals surface area contributed by atoms with E-state index in [1.807, 2.05) is 0 Å². The van der Waals surface area contributed by atoms with E-state index in [1.165, 1.54) is 24.3 Å². The summed E-state index contributed by atoms with van der Waals surface area (Å²) in [5.74, 6) is -2.42. The van der Waals surface area contributed by atoms with Gasteiger partial charge in [0.25, 0.3) is 0 Å². The molecule has 0 heterocycles. The first-order valence-electron chi connectivity index (χ1n) is 5.94. The van der Waals surface area contributed by atoms with Crippen molar-refractivity contribution in [2.45, 2.75) is 11.8 Å². The van der Waals surface area contributed by atoms with E-state index in [2.05, 4.69) is 0 Å². The van der Waals surface area contributed by atoms with E-state index in [0.29, 0.717) is 16.7 Å². The van der Waals surface area contributed by atoms with Gasteiger partial charge in [0.15, 0.2) is 0 Å². The van der Waals surface area contributed by atoms with Gasteiger partial charge in [-0.2, -0.15) is 4.31 Å². The quantitative estimate of drug-likeness (QED) is 0.704. The highest BCUT2D eigenvalue weighted by Crippen LogP contribution is 2.19. The Bertz CT molecular complexity index is 593. The van der Waals surface area contributed by atoms with Gasteiger partial charge in [-0.3, -0.25) is 9.59 Å². The van der Waals surface area contributed by atoms with Crippen LogP contribution >= 0.6 is 0 Å². The molecule has 0 saturated heterocycles. The van der Waals surface area contributed by atoms with Crippen molar-refractivity contribution in [1.29, 1.82) is 0 Å². The lowest BCUT2D eigenvalue weighted by molar-refractivity contribution is -0.139. The molecule has 1 aromatic rings. The number of rotatable bonds is 8. The summed E-state index contributed by atoms with van der Waals surface area (Å²) in [6.07, 6.45) is 0. The minimum absolute atomic E-state index is 0.201. The monoisotopic (exact) mass is 317 g/mol. The maximum absolute atomic E-state index is 12.2. The molecule has 0 bridgehead atoms. The molecule has 1 rings (SSSR count). The molecular weight excluding hydrogens is 302 g/mol. The highest BCUT2D eigenvalue weighted by atomic mass is 32.2. The van der Waals surface area contributed by atoms with E-state index in [9.17, 15) is 18.0 Å². The Morgan fingerprint density at radius 1 is 1.10 bits per heavy atom. The number of carbonyl (C=O) groups is 2. The van der Waals surface area contributed by atoms with Gasteiger partial charge < -0.3 is 14.9 Å². The van der Waals surface area contributed by atoms with Gasteiger partial charge in [0.2, 0.25) is 10.0 Å². The molecule has 0 fully saturated rings. The average molecular weight is 317 g/mol. The number of carboxylic acid groups (broad SMARTS) is 2. The third-order valence-electron chi connectivity index (χ3n) is 2.40. The van der Waals surface area contributed by atoms with E-state index in [4.69, 9.17) is 14.9 Å². The Labute approximate surface area is 121 Å².